The SMILES string of the molecule is O=C(O)C1COCCN1Cc1ccc2ccccc2c1. The normalized spacial score (nSPS) is 20.1. The summed E-state index contributed by atoms with van der Waals surface area (Å²) in [6, 6.07) is 13.9. The van der Waals surface area contributed by atoms with Gasteiger partial charge < -0.3 is 9.84 Å². The number of carbonyl (C=O) groups is 1. The van der Waals surface area contributed by atoms with Crippen LogP contribution >= 0.6 is 0 Å². The van der Waals surface area contributed by atoms with Crippen LogP contribution in [0.4, 0.5) is 0 Å². The zero-order valence-corrected chi connectivity index (χ0v) is 11.2. The first-order chi connectivity index (χ1) is 9.74. The first-order valence-electron chi connectivity index (χ1n) is 6.76. The molecule has 0 aliphatic carbocycles. The molecule has 1 atom stereocenters. The highest BCUT2D eigenvalue weighted by atomic mass is 16.5. The van der Waals surface area contributed by atoms with Gasteiger partial charge in [0.25, 0.3) is 0 Å². The summed E-state index contributed by atoms with van der Waals surface area (Å²) in [6.45, 7) is 2.16. The van der Waals surface area contributed by atoms with Crippen molar-refractivity contribution in [3.63, 3.8) is 0 Å². The van der Waals surface area contributed by atoms with Crippen LogP contribution in [0.2, 0.25) is 0 Å². The third-order valence-electron chi connectivity index (χ3n) is 3.72. The standard InChI is InChI=1S/C16H17NO3/c18-16(19)15-11-20-8-7-17(15)10-12-5-6-13-3-1-2-4-14(13)9-12/h1-6,9,15H,7-8,10-11H2,(H,18,19). The first-order valence-corrected chi connectivity index (χ1v) is 6.76. The lowest BCUT2D eigenvalue weighted by molar-refractivity contribution is -0.150. The second-order valence-electron chi connectivity index (χ2n) is 5.08. The molecule has 1 fully saturated rings. The Bertz CT molecular complexity index is 626. The van der Waals surface area contributed by atoms with Crippen LogP contribution in [0.3, 0.4) is 0 Å². The van der Waals surface area contributed by atoms with Crippen LogP contribution in [0.1, 0.15) is 5.56 Å². The van der Waals surface area contributed by atoms with E-state index < -0.39 is 12.0 Å². The van der Waals surface area contributed by atoms with Gasteiger partial charge >= 0.3 is 5.97 Å². The van der Waals surface area contributed by atoms with Crippen molar-refractivity contribution in [1.82, 2.24) is 4.90 Å². The summed E-state index contributed by atoms with van der Waals surface area (Å²) in [4.78, 5) is 13.2. The predicted octanol–water partition coefficient (Wildman–Crippen LogP) is 2.13. The Kier molecular flexibility index (Phi) is 3.67. The lowest BCUT2D eigenvalue weighted by Gasteiger charge is -2.32. The van der Waals surface area contributed by atoms with Crippen LogP contribution in [-0.2, 0) is 16.1 Å². The van der Waals surface area contributed by atoms with E-state index in [2.05, 4.69) is 30.3 Å². The number of fused-ring (bicyclic) bond motifs is 1. The van der Waals surface area contributed by atoms with Crippen LogP contribution in [-0.4, -0.2) is 41.8 Å². The molecule has 3 rings (SSSR count). The summed E-state index contributed by atoms with van der Waals surface area (Å²) < 4.78 is 5.26. The van der Waals surface area contributed by atoms with Gasteiger partial charge in [0.15, 0.2) is 0 Å². The van der Waals surface area contributed by atoms with Crippen LogP contribution in [0.25, 0.3) is 10.8 Å². The van der Waals surface area contributed by atoms with Gasteiger partial charge in [-0.25, -0.2) is 0 Å². The zero-order valence-electron chi connectivity index (χ0n) is 11.2. The van der Waals surface area contributed by atoms with Gasteiger partial charge in [-0.15, -0.1) is 0 Å². The molecule has 0 spiro atoms. The summed E-state index contributed by atoms with van der Waals surface area (Å²) in [5.41, 5.74) is 1.14. The maximum atomic E-state index is 11.2. The Hall–Kier alpha value is -1.91. The van der Waals surface area contributed by atoms with Gasteiger partial charge in [0.2, 0.25) is 0 Å². The number of benzene rings is 2. The Morgan fingerprint density at radius 2 is 2.05 bits per heavy atom. The van der Waals surface area contributed by atoms with E-state index >= 15 is 0 Å². The van der Waals surface area contributed by atoms with Crippen LogP contribution < -0.4 is 0 Å². The number of hydrogen-bond donors (Lipinski definition) is 1. The molecule has 0 aromatic heterocycles. The molecular weight excluding hydrogens is 254 g/mol. The molecule has 20 heavy (non-hydrogen) atoms. The number of morpholine rings is 1. The van der Waals surface area contributed by atoms with Crippen molar-refractivity contribution in [2.75, 3.05) is 19.8 Å². The highest BCUT2D eigenvalue weighted by Gasteiger charge is 2.28. The van der Waals surface area contributed by atoms with E-state index in [1.54, 1.807) is 0 Å². The smallest absolute Gasteiger partial charge is 0.323 e. The quantitative estimate of drug-likeness (QED) is 0.929. The molecule has 4 heteroatoms. The van der Waals surface area contributed by atoms with Gasteiger partial charge in [0.05, 0.1) is 13.2 Å². The minimum Gasteiger partial charge on any atom is -0.480 e. The van der Waals surface area contributed by atoms with Crippen molar-refractivity contribution in [3.05, 3.63) is 48.0 Å². The Labute approximate surface area is 117 Å². The number of carboxylic acid groups (broad SMARTS) is 1. The third-order valence-corrected chi connectivity index (χ3v) is 3.72. The zero-order chi connectivity index (χ0) is 13.9. The lowest BCUT2D eigenvalue weighted by Crippen LogP contribution is -2.49. The third kappa shape index (κ3) is 2.66. The van der Waals surface area contributed by atoms with Crippen molar-refractivity contribution in [1.29, 1.82) is 0 Å². The van der Waals surface area contributed by atoms with E-state index in [0.717, 1.165) is 5.56 Å². The van der Waals surface area contributed by atoms with Gasteiger partial charge in [0.1, 0.15) is 6.04 Å². The molecule has 2 aromatic rings. The summed E-state index contributed by atoms with van der Waals surface area (Å²) in [5, 5.41) is 11.6. The van der Waals surface area contributed by atoms with Gasteiger partial charge in [-0.2, -0.15) is 0 Å². The molecule has 0 amide bonds. The topological polar surface area (TPSA) is 49.8 Å². The fraction of sp³-hybridized carbons (Fsp3) is 0.312. The van der Waals surface area contributed by atoms with Crippen LogP contribution in [0, 0.1) is 0 Å². The highest BCUT2D eigenvalue weighted by molar-refractivity contribution is 5.83. The molecule has 1 aliphatic rings. The number of nitrogens with zero attached hydrogens (tertiary/aromatic N) is 1. The predicted molar refractivity (Wildman–Crippen MR) is 76.6 cm³/mol. The fourth-order valence-corrected chi connectivity index (χ4v) is 2.63. The lowest BCUT2D eigenvalue weighted by atomic mass is 10.1. The average Bonchev–Trinajstić information content (AvgIpc) is 2.47. The Morgan fingerprint density at radius 1 is 1.25 bits per heavy atom. The summed E-state index contributed by atoms with van der Waals surface area (Å²) in [5.74, 6) is -0.814. The molecule has 0 bridgehead atoms. The average molecular weight is 271 g/mol. The molecular formula is C16H17NO3. The van der Waals surface area contributed by atoms with Gasteiger partial charge in [-0.3, -0.25) is 9.69 Å². The van der Waals surface area contributed by atoms with Crippen molar-refractivity contribution < 1.29 is 14.6 Å². The number of aliphatic carboxylic acids is 1. The van der Waals surface area contributed by atoms with Crippen molar-refractivity contribution >= 4 is 16.7 Å². The molecule has 0 saturated carbocycles. The van der Waals surface area contributed by atoms with E-state index in [9.17, 15) is 9.90 Å². The highest BCUT2D eigenvalue weighted by Crippen LogP contribution is 2.18. The summed E-state index contributed by atoms with van der Waals surface area (Å²) in [7, 11) is 0. The second kappa shape index (κ2) is 5.61. The summed E-state index contributed by atoms with van der Waals surface area (Å²) in [6.07, 6.45) is 0. The van der Waals surface area contributed by atoms with Crippen LogP contribution in [0.15, 0.2) is 42.5 Å². The molecule has 0 radical (unpaired) electrons. The second-order valence-corrected chi connectivity index (χ2v) is 5.08. The molecule has 1 saturated heterocycles. The van der Waals surface area contributed by atoms with Gasteiger partial charge in [-0.1, -0.05) is 36.4 Å². The van der Waals surface area contributed by atoms with E-state index in [1.807, 2.05) is 17.0 Å². The van der Waals surface area contributed by atoms with Crippen LogP contribution in [0.5, 0.6) is 0 Å². The molecule has 1 aliphatic heterocycles. The first kappa shape index (κ1) is 13.1. The number of carboxylic acids is 1. The molecule has 1 heterocycles. The molecule has 4 nitrogen and oxygen atoms in total. The van der Waals surface area contributed by atoms with Gasteiger partial charge in [0, 0.05) is 13.1 Å². The van der Waals surface area contributed by atoms with Crippen molar-refractivity contribution in [2.24, 2.45) is 0 Å². The van der Waals surface area contributed by atoms with Crippen molar-refractivity contribution in [2.45, 2.75) is 12.6 Å². The largest absolute Gasteiger partial charge is 0.480 e. The summed E-state index contributed by atoms with van der Waals surface area (Å²) >= 11 is 0. The monoisotopic (exact) mass is 271 g/mol. The molecule has 1 N–H and O–H groups in total. The number of rotatable bonds is 3. The molecule has 104 valence electrons. The maximum Gasteiger partial charge on any atom is 0.323 e. The van der Waals surface area contributed by atoms with E-state index in [-0.39, 0.29) is 6.61 Å². The Morgan fingerprint density at radius 3 is 2.85 bits per heavy atom. The van der Waals surface area contributed by atoms with E-state index in [0.29, 0.717) is 19.7 Å². The Balaban J connectivity index is 1.82. The number of ether oxygens (including phenoxy) is 1. The molecule has 2 aromatic carbocycles. The molecule has 1 unspecified atom stereocenters. The van der Waals surface area contributed by atoms with E-state index in [4.69, 9.17) is 4.74 Å². The van der Waals surface area contributed by atoms with Gasteiger partial charge in [-0.05, 0) is 22.4 Å². The van der Waals surface area contributed by atoms with Crippen molar-refractivity contribution in [3.8, 4) is 0 Å². The number of hydrogen-bond acceptors (Lipinski definition) is 3. The van der Waals surface area contributed by atoms with E-state index in [1.165, 1.54) is 10.8 Å². The fourth-order valence-electron chi connectivity index (χ4n) is 2.63. The minimum atomic E-state index is -0.814. The minimum absolute atomic E-state index is 0.267. The maximum absolute atomic E-state index is 11.2.